The van der Waals surface area contributed by atoms with Crippen LogP contribution >= 0.6 is 0 Å². The van der Waals surface area contributed by atoms with Gasteiger partial charge in [-0.25, -0.2) is 19.1 Å². The van der Waals surface area contributed by atoms with Gasteiger partial charge in [0, 0.05) is 14.1 Å². The fourth-order valence-electron chi connectivity index (χ4n) is 5.46. The second-order valence-electron chi connectivity index (χ2n) is 11.6. The van der Waals surface area contributed by atoms with Gasteiger partial charge < -0.3 is 5.11 Å². The van der Waals surface area contributed by atoms with E-state index in [1.165, 1.54) is 26.2 Å². The molecule has 4 amide bonds. The first kappa shape index (κ1) is 31.9. The molecule has 0 saturated carbocycles. The minimum absolute atomic E-state index is 0.200. The molecule has 3 aromatic rings. The lowest BCUT2D eigenvalue weighted by Gasteiger charge is -2.33. The highest BCUT2D eigenvalue weighted by atomic mass is 16.3. The Kier molecular flexibility index (Phi) is 8.17. The Balaban J connectivity index is 1.90. The molecule has 0 spiro atoms. The number of aromatic nitrogens is 2. The topological polar surface area (TPSA) is 122 Å². The van der Waals surface area contributed by atoms with Crippen LogP contribution in [0.25, 0.3) is 11.8 Å². The first-order valence-corrected chi connectivity index (χ1v) is 14.2. The number of amides is 4. The summed E-state index contributed by atoms with van der Waals surface area (Å²) in [7, 11) is 2.65. The number of allylic oxidation sites excluding steroid dienone is 2. The smallest absolute Gasteiger partial charge is 0.338 e. The van der Waals surface area contributed by atoms with Crippen molar-refractivity contribution in [3.63, 3.8) is 0 Å². The zero-order valence-corrected chi connectivity index (χ0v) is 27.1. The molecule has 10 nitrogen and oxygen atoms in total. The lowest BCUT2D eigenvalue weighted by molar-refractivity contribution is -0.128. The molecule has 1 N–H and O–H groups in total. The molecule has 10 heteroatoms. The van der Waals surface area contributed by atoms with Crippen LogP contribution in [0.15, 0.2) is 38.9 Å². The summed E-state index contributed by atoms with van der Waals surface area (Å²) in [6.45, 7) is 16.7. The van der Waals surface area contributed by atoms with Crippen LogP contribution in [-0.2, 0) is 16.6 Å². The number of nitrogens with zero attached hydrogens (tertiary/aromatic N) is 4. The summed E-state index contributed by atoms with van der Waals surface area (Å²) in [5, 5.41) is 10.9. The van der Waals surface area contributed by atoms with E-state index in [0.717, 1.165) is 63.4 Å². The Labute approximate surface area is 256 Å². The van der Waals surface area contributed by atoms with Crippen molar-refractivity contribution < 1.29 is 19.5 Å². The number of rotatable bonds is 4. The Bertz CT molecular complexity index is 1990. The molecule has 1 aromatic heterocycles. The molecule has 0 unspecified atom stereocenters. The number of urea groups is 1. The van der Waals surface area contributed by atoms with E-state index in [1.54, 1.807) is 19.1 Å². The molecule has 2 aromatic carbocycles. The van der Waals surface area contributed by atoms with Crippen LogP contribution in [0.1, 0.15) is 57.0 Å². The van der Waals surface area contributed by atoms with E-state index in [4.69, 9.17) is 0 Å². The Morgan fingerprint density at radius 2 is 1.20 bits per heavy atom. The molecule has 0 aliphatic carbocycles. The summed E-state index contributed by atoms with van der Waals surface area (Å²) < 4.78 is 1.98. The predicted octanol–water partition coefficient (Wildman–Crippen LogP) is 4.66. The number of barbiturate groups is 1. The molecule has 230 valence electrons. The van der Waals surface area contributed by atoms with Crippen LogP contribution in [0.4, 0.5) is 10.5 Å². The van der Waals surface area contributed by atoms with Crippen molar-refractivity contribution in [3.05, 3.63) is 100 Å². The molecule has 4 rings (SSSR count). The van der Waals surface area contributed by atoms with E-state index in [9.17, 15) is 29.1 Å². The lowest BCUT2D eigenvalue weighted by Crippen LogP contribution is -2.55. The Morgan fingerprint density at radius 3 is 1.75 bits per heavy atom. The fourth-order valence-corrected chi connectivity index (χ4v) is 5.46. The van der Waals surface area contributed by atoms with Crippen molar-refractivity contribution >= 4 is 29.6 Å². The summed E-state index contributed by atoms with van der Waals surface area (Å²) in [6.07, 6.45) is 2.60. The average molecular weight is 599 g/mol. The quantitative estimate of drug-likeness (QED) is 0.344. The summed E-state index contributed by atoms with van der Waals surface area (Å²) in [4.78, 5) is 69.0. The van der Waals surface area contributed by atoms with Gasteiger partial charge in [0.2, 0.25) is 5.88 Å². The van der Waals surface area contributed by atoms with Crippen LogP contribution in [0.2, 0.25) is 0 Å². The number of carbonyl (C=O) groups excluding carboxylic acids is 3. The maximum absolute atomic E-state index is 13.8. The van der Waals surface area contributed by atoms with Crippen molar-refractivity contribution in [2.45, 2.75) is 62.3 Å². The van der Waals surface area contributed by atoms with E-state index < -0.39 is 35.0 Å². The molecule has 2 heterocycles. The van der Waals surface area contributed by atoms with E-state index >= 15 is 0 Å². The van der Waals surface area contributed by atoms with E-state index in [1.807, 2.05) is 55.4 Å². The van der Waals surface area contributed by atoms with Crippen LogP contribution in [0.5, 0.6) is 5.88 Å². The van der Waals surface area contributed by atoms with Gasteiger partial charge in [-0.05, 0) is 137 Å². The first-order chi connectivity index (χ1) is 20.4. The number of benzene rings is 2. The molecule has 0 bridgehead atoms. The van der Waals surface area contributed by atoms with Crippen molar-refractivity contribution in [2.24, 2.45) is 7.05 Å². The molecule has 1 aliphatic rings. The highest BCUT2D eigenvalue weighted by Gasteiger charge is 2.41. The number of likely N-dealkylation sites (N-methyl/N-ethyl adjacent to an activating group) is 1. The van der Waals surface area contributed by atoms with Crippen LogP contribution in [0, 0.1) is 55.4 Å². The van der Waals surface area contributed by atoms with Gasteiger partial charge >= 0.3 is 11.7 Å². The number of hydrogen-bond acceptors (Lipinski definition) is 6. The third-order valence-electron chi connectivity index (χ3n) is 9.05. The van der Waals surface area contributed by atoms with Gasteiger partial charge in [-0.2, -0.15) is 0 Å². The predicted molar refractivity (Wildman–Crippen MR) is 171 cm³/mol. The van der Waals surface area contributed by atoms with Gasteiger partial charge in [-0.1, -0.05) is 0 Å². The molecule has 1 saturated heterocycles. The molecular weight excluding hydrogens is 560 g/mol. The largest absolute Gasteiger partial charge is 0.494 e. The number of hydrogen-bond donors (Lipinski definition) is 1. The fraction of sp³-hybridized carbons (Fsp3) is 0.324. The van der Waals surface area contributed by atoms with Crippen molar-refractivity contribution in [1.82, 2.24) is 14.0 Å². The Hall–Kier alpha value is -4.99. The Morgan fingerprint density at radius 1 is 0.705 bits per heavy atom. The zero-order valence-electron chi connectivity index (χ0n) is 27.1. The molecule has 1 fully saturated rings. The van der Waals surface area contributed by atoms with Gasteiger partial charge in [0.25, 0.3) is 17.4 Å². The number of imide groups is 2. The van der Waals surface area contributed by atoms with Crippen molar-refractivity contribution in [3.8, 4) is 11.6 Å². The lowest BCUT2D eigenvalue weighted by atomic mass is 9.96. The second-order valence-corrected chi connectivity index (χ2v) is 11.6. The van der Waals surface area contributed by atoms with Gasteiger partial charge in [-0.15, -0.1) is 0 Å². The third kappa shape index (κ3) is 4.90. The maximum Gasteiger partial charge on any atom is 0.338 e. The van der Waals surface area contributed by atoms with Gasteiger partial charge in [-0.3, -0.25) is 23.9 Å². The van der Waals surface area contributed by atoms with Crippen LogP contribution in [-0.4, -0.2) is 44.0 Å². The summed E-state index contributed by atoms with van der Waals surface area (Å²) >= 11 is 0. The van der Waals surface area contributed by atoms with Gasteiger partial charge in [0.15, 0.2) is 0 Å². The number of anilines is 1. The summed E-state index contributed by atoms with van der Waals surface area (Å²) in [5.74, 6) is -2.17. The molecular formula is C34H38N4O6. The minimum Gasteiger partial charge on any atom is -0.494 e. The highest BCUT2D eigenvalue weighted by Crippen LogP contribution is 2.32. The highest BCUT2D eigenvalue weighted by molar-refractivity contribution is 6.37. The number of aryl methyl sites for hydroxylation is 2. The second kappa shape index (κ2) is 11.3. The zero-order chi connectivity index (χ0) is 33.1. The monoisotopic (exact) mass is 598 g/mol. The number of aromatic hydroxyl groups is 1. The molecule has 0 radical (unpaired) electrons. The first-order valence-electron chi connectivity index (χ1n) is 14.2. The van der Waals surface area contributed by atoms with Crippen LogP contribution < -0.4 is 16.1 Å². The van der Waals surface area contributed by atoms with Gasteiger partial charge in [0.05, 0.1) is 11.4 Å². The van der Waals surface area contributed by atoms with E-state index in [-0.39, 0.29) is 16.7 Å². The minimum atomic E-state index is -0.806. The standard InChI is InChI=1S/C34H38N4O6/c1-16(12-25-29(39)35(10)33(43)37(31(25)41)27-14-17(2)19(4)21(6)23(27)8)13-26-30(40)36(11)34(44)38(32(26)42)28-15-18(3)20(5)22(7)24(28)9/h12-15,39H,1-11H3/b16-12+,26-13+. The van der Waals surface area contributed by atoms with Crippen LogP contribution in [0.3, 0.4) is 0 Å². The SMILES string of the molecule is CC(=C\c1c(O)n(C)c(=O)n(-c2cc(C)c(C)c(C)c2C)c1=O)/C=C1\C(=O)N(C)C(=O)N(c2cc(C)c(C)c(C)c2C)C1=O. The average Bonchev–Trinajstić information content (AvgIpc) is 2.98. The van der Waals surface area contributed by atoms with Crippen molar-refractivity contribution in [1.29, 1.82) is 0 Å². The molecule has 0 atom stereocenters. The summed E-state index contributed by atoms with van der Waals surface area (Å²) in [6, 6.07) is 2.73. The number of carbonyl (C=O) groups is 3. The van der Waals surface area contributed by atoms with E-state index in [0.29, 0.717) is 11.4 Å². The maximum atomic E-state index is 13.8. The molecule has 44 heavy (non-hydrogen) atoms. The summed E-state index contributed by atoms with van der Waals surface area (Å²) in [5.41, 5.74) is 6.28. The van der Waals surface area contributed by atoms with Crippen molar-refractivity contribution in [2.75, 3.05) is 11.9 Å². The van der Waals surface area contributed by atoms with Gasteiger partial charge in [0.1, 0.15) is 11.1 Å². The van der Waals surface area contributed by atoms with E-state index in [2.05, 4.69) is 0 Å². The normalized spacial score (nSPS) is 15.2. The molecule has 1 aliphatic heterocycles. The third-order valence-corrected chi connectivity index (χ3v) is 9.05.